The molecule has 2 aromatic carbocycles. The molecule has 0 amide bonds. The lowest BCUT2D eigenvalue weighted by atomic mass is 9.81. The van der Waals surface area contributed by atoms with Gasteiger partial charge in [0, 0.05) is 6.42 Å². The van der Waals surface area contributed by atoms with Gasteiger partial charge in [-0.25, -0.2) is 9.67 Å². The van der Waals surface area contributed by atoms with Gasteiger partial charge >= 0.3 is 0 Å². The minimum absolute atomic E-state index is 0.167. The van der Waals surface area contributed by atoms with Crippen LogP contribution >= 0.6 is 0 Å². The van der Waals surface area contributed by atoms with Crippen LogP contribution in [0.1, 0.15) is 39.6 Å². The van der Waals surface area contributed by atoms with Crippen molar-refractivity contribution in [1.29, 1.82) is 0 Å². The summed E-state index contributed by atoms with van der Waals surface area (Å²) in [5.74, 6) is 1.01. The fourth-order valence-corrected chi connectivity index (χ4v) is 3.93. The number of H-pyrrole nitrogens is 1. The minimum Gasteiger partial charge on any atom is -0.322 e. The van der Waals surface area contributed by atoms with Gasteiger partial charge in [-0.2, -0.15) is 5.10 Å². The van der Waals surface area contributed by atoms with E-state index in [2.05, 4.69) is 27.2 Å². The first kappa shape index (κ1) is 15.1. The maximum Gasteiger partial charge on any atom is 0.229 e. The topological polar surface area (TPSA) is 63.6 Å². The summed E-state index contributed by atoms with van der Waals surface area (Å²) in [5, 5.41) is 4.64. The van der Waals surface area contributed by atoms with E-state index in [0.29, 0.717) is 12.4 Å². The molecule has 1 atom stereocenters. The highest BCUT2D eigenvalue weighted by Crippen LogP contribution is 2.35. The third kappa shape index (κ3) is 2.28. The van der Waals surface area contributed by atoms with E-state index in [9.17, 15) is 4.79 Å². The van der Waals surface area contributed by atoms with Gasteiger partial charge in [0.15, 0.2) is 5.78 Å². The predicted octanol–water partition coefficient (Wildman–Crippen LogP) is 3.97. The third-order valence-corrected chi connectivity index (χ3v) is 5.15. The van der Waals surface area contributed by atoms with Gasteiger partial charge in [-0.15, -0.1) is 0 Å². The first-order valence-corrected chi connectivity index (χ1v) is 8.82. The van der Waals surface area contributed by atoms with Crippen molar-refractivity contribution < 1.29 is 4.79 Å². The first-order chi connectivity index (χ1) is 12.7. The van der Waals surface area contributed by atoms with E-state index in [4.69, 9.17) is 0 Å². The Bertz CT molecular complexity index is 1090. The number of rotatable bonds is 2. The Labute approximate surface area is 150 Å². The van der Waals surface area contributed by atoms with Crippen molar-refractivity contribution in [3.63, 3.8) is 0 Å². The normalized spacial score (nSPS) is 16.8. The second kappa shape index (κ2) is 5.66. The number of nitrogens with one attached hydrogen (secondary N) is 1. The lowest BCUT2D eigenvalue weighted by Gasteiger charge is -2.22. The number of aryl methyl sites for hydroxylation is 1. The second-order valence-corrected chi connectivity index (χ2v) is 6.84. The molecule has 5 rings (SSSR count). The predicted molar refractivity (Wildman–Crippen MR) is 99.8 cm³/mol. The molecule has 0 radical (unpaired) electrons. The quantitative estimate of drug-likeness (QED) is 0.599. The summed E-state index contributed by atoms with van der Waals surface area (Å²) in [4.78, 5) is 20.8. The maximum absolute atomic E-state index is 12.8. The molecule has 26 heavy (non-hydrogen) atoms. The molecule has 2 aromatic heterocycles. The monoisotopic (exact) mass is 342 g/mol. The van der Waals surface area contributed by atoms with Crippen molar-refractivity contribution in [2.75, 3.05) is 0 Å². The SMILES string of the molecule is Cc1nn(-c2nc3ccccc3[nH]2)c2c1C(=O)C[C@@H](c1ccccc1)C2. The van der Waals surface area contributed by atoms with Crippen molar-refractivity contribution in [3.8, 4) is 5.95 Å². The summed E-state index contributed by atoms with van der Waals surface area (Å²) in [5.41, 5.74) is 5.54. The van der Waals surface area contributed by atoms with Crippen molar-refractivity contribution in [3.05, 3.63) is 77.1 Å². The number of para-hydroxylation sites is 2. The minimum atomic E-state index is 0.167. The van der Waals surface area contributed by atoms with Crippen LogP contribution < -0.4 is 0 Å². The zero-order chi connectivity index (χ0) is 17.7. The van der Waals surface area contributed by atoms with Crippen LogP contribution in [0.15, 0.2) is 54.6 Å². The van der Waals surface area contributed by atoms with E-state index in [1.807, 2.05) is 54.1 Å². The van der Waals surface area contributed by atoms with Crippen molar-refractivity contribution in [1.82, 2.24) is 19.7 Å². The van der Waals surface area contributed by atoms with Gasteiger partial charge in [0.05, 0.1) is 28.0 Å². The molecule has 0 bridgehead atoms. The van der Waals surface area contributed by atoms with E-state index in [-0.39, 0.29) is 11.7 Å². The Morgan fingerprint density at radius 1 is 1.04 bits per heavy atom. The molecule has 128 valence electrons. The Morgan fingerprint density at radius 3 is 2.62 bits per heavy atom. The third-order valence-electron chi connectivity index (χ3n) is 5.15. The Hall–Kier alpha value is -3.21. The van der Waals surface area contributed by atoms with E-state index in [1.165, 1.54) is 5.56 Å². The molecule has 5 heteroatoms. The smallest absolute Gasteiger partial charge is 0.229 e. The summed E-state index contributed by atoms with van der Waals surface area (Å²) in [6, 6.07) is 18.1. The first-order valence-electron chi connectivity index (χ1n) is 8.82. The summed E-state index contributed by atoms with van der Waals surface area (Å²) in [7, 11) is 0. The van der Waals surface area contributed by atoms with Crippen LogP contribution in [0.3, 0.4) is 0 Å². The number of aromatic amines is 1. The molecule has 0 saturated carbocycles. The van der Waals surface area contributed by atoms with Gasteiger partial charge < -0.3 is 4.98 Å². The Balaban J connectivity index is 1.64. The molecule has 0 saturated heterocycles. The fraction of sp³-hybridized carbons (Fsp3) is 0.190. The number of nitrogens with zero attached hydrogens (tertiary/aromatic N) is 3. The number of aromatic nitrogens is 4. The second-order valence-electron chi connectivity index (χ2n) is 6.84. The summed E-state index contributed by atoms with van der Waals surface area (Å²) in [6.45, 7) is 1.90. The molecule has 4 aromatic rings. The molecule has 2 heterocycles. The highest BCUT2D eigenvalue weighted by atomic mass is 16.1. The van der Waals surface area contributed by atoms with Crippen LogP contribution in [0.25, 0.3) is 17.0 Å². The van der Waals surface area contributed by atoms with Crippen LogP contribution in [0, 0.1) is 6.92 Å². The maximum atomic E-state index is 12.8. The van der Waals surface area contributed by atoms with Gasteiger partial charge in [-0.05, 0) is 37.0 Å². The Morgan fingerprint density at radius 2 is 1.81 bits per heavy atom. The molecule has 1 aliphatic rings. The molecular formula is C21H18N4O. The van der Waals surface area contributed by atoms with Crippen LogP contribution in [0.5, 0.6) is 0 Å². The highest BCUT2D eigenvalue weighted by Gasteiger charge is 2.32. The molecule has 0 spiro atoms. The molecule has 1 aliphatic carbocycles. The number of carbonyl (C=O) groups is 1. The van der Waals surface area contributed by atoms with E-state index in [1.54, 1.807) is 0 Å². The van der Waals surface area contributed by atoms with Gasteiger partial charge in [-0.1, -0.05) is 42.5 Å². The van der Waals surface area contributed by atoms with E-state index in [0.717, 1.165) is 34.4 Å². The van der Waals surface area contributed by atoms with Crippen LogP contribution in [0.2, 0.25) is 0 Å². The summed E-state index contributed by atoms with van der Waals surface area (Å²) in [6.07, 6.45) is 1.31. The number of hydrogen-bond acceptors (Lipinski definition) is 3. The van der Waals surface area contributed by atoms with Gasteiger partial charge in [0.25, 0.3) is 0 Å². The number of fused-ring (bicyclic) bond motifs is 2. The summed E-state index contributed by atoms with van der Waals surface area (Å²) >= 11 is 0. The van der Waals surface area contributed by atoms with Gasteiger partial charge in [-0.3, -0.25) is 4.79 Å². The molecular weight excluding hydrogens is 324 g/mol. The molecule has 5 nitrogen and oxygen atoms in total. The average Bonchev–Trinajstić information content (AvgIpc) is 3.23. The average molecular weight is 342 g/mol. The number of ketones is 1. The van der Waals surface area contributed by atoms with Gasteiger partial charge in [0.2, 0.25) is 5.95 Å². The van der Waals surface area contributed by atoms with Crippen LogP contribution in [0.4, 0.5) is 0 Å². The molecule has 0 fully saturated rings. The number of carbonyl (C=O) groups excluding carboxylic acids is 1. The van der Waals surface area contributed by atoms with Crippen LogP contribution in [-0.2, 0) is 6.42 Å². The zero-order valence-corrected chi connectivity index (χ0v) is 14.4. The summed E-state index contributed by atoms with van der Waals surface area (Å²) < 4.78 is 1.82. The number of hydrogen-bond donors (Lipinski definition) is 1. The lowest BCUT2D eigenvalue weighted by molar-refractivity contribution is 0.0963. The standard InChI is InChI=1S/C21H18N4O/c1-13-20-18(11-15(12-19(20)26)14-7-3-2-4-8-14)25(24-13)21-22-16-9-5-6-10-17(16)23-21/h2-10,15H,11-12H2,1H3,(H,22,23)/t15-/m0/s1. The van der Waals surface area contributed by atoms with Crippen molar-refractivity contribution in [2.45, 2.75) is 25.7 Å². The number of imidazole rings is 1. The van der Waals surface area contributed by atoms with E-state index >= 15 is 0 Å². The van der Waals surface area contributed by atoms with Crippen molar-refractivity contribution in [2.24, 2.45) is 0 Å². The Kier molecular flexibility index (Phi) is 3.28. The van der Waals surface area contributed by atoms with Crippen molar-refractivity contribution >= 4 is 16.8 Å². The van der Waals surface area contributed by atoms with Gasteiger partial charge in [0.1, 0.15) is 0 Å². The largest absolute Gasteiger partial charge is 0.322 e. The molecule has 1 N–H and O–H groups in total. The molecule has 0 aliphatic heterocycles. The van der Waals surface area contributed by atoms with Crippen LogP contribution in [-0.4, -0.2) is 25.5 Å². The highest BCUT2D eigenvalue weighted by molar-refractivity contribution is 6.00. The fourth-order valence-electron chi connectivity index (χ4n) is 3.93. The molecule has 0 unspecified atom stereocenters. The van der Waals surface area contributed by atoms with E-state index < -0.39 is 0 Å². The number of Topliss-reactive ketones (excluding diaryl/α,β-unsaturated/α-hetero) is 1. The zero-order valence-electron chi connectivity index (χ0n) is 14.4. The number of benzene rings is 2. The lowest BCUT2D eigenvalue weighted by Crippen LogP contribution is -2.20.